The van der Waals surface area contributed by atoms with E-state index in [0.29, 0.717) is 25.9 Å². The number of hydrogen-bond donors (Lipinski definition) is 0. The highest BCUT2D eigenvalue weighted by Gasteiger charge is 2.65. The average Bonchev–Trinajstić information content (AvgIpc) is 2.83. The van der Waals surface area contributed by atoms with Crippen LogP contribution in [0.1, 0.15) is 51.5 Å². The minimum atomic E-state index is -1.41. The SMILES string of the molecule is CCCCO[C@H]1C[C@@]2(C)CCC(=O)[C@]1(C(=O)Cc1ccccc1)O2. The quantitative estimate of drug-likeness (QED) is 0.569. The van der Waals surface area contributed by atoms with Crippen LogP contribution in [-0.4, -0.2) is 35.5 Å². The van der Waals surface area contributed by atoms with Crippen molar-refractivity contribution in [1.82, 2.24) is 0 Å². The zero-order valence-electron chi connectivity index (χ0n) is 14.5. The van der Waals surface area contributed by atoms with E-state index in [0.717, 1.165) is 18.4 Å². The molecule has 0 aromatic heterocycles. The van der Waals surface area contributed by atoms with E-state index in [-0.39, 0.29) is 18.0 Å². The molecule has 24 heavy (non-hydrogen) atoms. The number of hydrogen-bond acceptors (Lipinski definition) is 4. The normalized spacial score (nSPS) is 32.1. The standard InChI is InChI=1S/C20H26O4/c1-3-4-12-23-18-14-19(2)11-10-16(21)20(18,24-19)17(22)13-15-8-6-5-7-9-15/h5-9,18H,3-4,10-14H2,1-2H3/t18-,19+,20+/m0/s1. The van der Waals surface area contributed by atoms with Crippen LogP contribution < -0.4 is 0 Å². The number of carbonyl (C=O) groups is 2. The van der Waals surface area contributed by atoms with Gasteiger partial charge in [0.05, 0.1) is 5.60 Å². The summed E-state index contributed by atoms with van der Waals surface area (Å²) < 4.78 is 12.1. The first kappa shape index (κ1) is 17.3. The number of carbonyl (C=O) groups excluding carboxylic acids is 2. The van der Waals surface area contributed by atoms with Gasteiger partial charge in [0.25, 0.3) is 0 Å². The lowest BCUT2D eigenvalue weighted by molar-refractivity contribution is -0.183. The molecule has 1 aromatic rings. The second kappa shape index (κ2) is 6.77. The molecule has 0 radical (unpaired) electrons. The van der Waals surface area contributed by atoms with Crippen LogP contribution in [0.25, 0.3) is 0 Å². The molecule has 2 fully saturated rings. The van der Waals surface area contributed by atoms with Crippen LogP contribution in [0.3, 0.4) is 0 Å². The molecule has 0 unspecified atom stereocenters. The Morgan fingerprint density at radius 3 is 2.79 bits per heavy atom. The minimum absolute atomic E-state index is 0.111. The smallest absolute Gasteiger partial charge is 0.211 e. The van der Waals surface area contributed by atoms with E-state index in [2.05, 4.69) is 6.92 Å². The van der Waals surface area contributed by atoms with Crippen LogP contribution in [0.5, 0.6) is 0 Å². The van der Waals surface area contributed by atoms with Gasteiger partial charge < -0.3 is 9.47 Å². The van der Waals surface area contributed by atoms with Gasteiger partial charge in [-0.3, -0.25) is 9.59 Å². The van der Waals surface area contributed by atoms with Gasteiger partial charge in [0.15, 0.2) is 11.6 Å². The number of fused-ring (bicyclic) bond motifs is 2. The lowest BCUT2D eigenvalue weighted by Crippen LogP contribution is -2.58. The fourth-order valence-corrected chi connectivity index (χ4v) is 3.84. The van der Waals surface area contributed by atoms with Gasteiger partial charge in [-0.1, -0.05) is 43.7 Å². The average molecular weight is 330 g/mol. The van der Waals surface area contributed by atoms with Crippen molar-refractivity contribution in [2.75, 3.05) is 6.61 Å². The van der Waals surface area contributed by atoms with Crippen LogP contribution in [-0.2, 0) is 25.5 Å². The third-order valence-corrected chi connectivity index (χ3v) is 5.21. The van der Waals surface area contributed by atoms with Crippen molar-refractivity contribution in [3.8, 4) is 0 Å². The maximum Gasteiger partial charge on any atom is 0.211 e. The summed E-state index contributed by atoms with van der Waals surface area (Å²) in [5, 5.41) is 0. The Balaban J connectivity index is 1.86. The van der Waals surface area contributed by atoms with Crippen molar-refractivity contribution < 1.29 is 19.1 Å². The first-order chi connectivity index (χ1) is 11.5. The highest BCUT2D eigenvalue weighted by Crippen LogP contribution is 2.48. The van der Waals surface area contributed by atoms with Gasteiger partial charge in [0.1, 0.15) is 6.10 Å². The molecule has 4 heteroatoms. The fraction of sp³-hybridized carbons (Fsp3) is 0.600. The summed E-state index contributed by atoms with van der Waals surface area (Å²) in [5.74, 6) is -0.275. The van der Waals surface area contributed by atoms with Crippen LogP contribution in [0.4, 0.5) is 0 Å². The molecule has 3 atom stereocenters. The topological polar surface area (TPSA) is 52.6 Å². The molecule has 0 amide bonds. The van der Waals surface area contributed by atoms with Crippen molar-refractivity contribution in [1.29, 1.82) is 0 Å². The van der Waals surface area contributed by atoms with Gasteiger partial charge in [-0.05, 0) is 25.3 Å². The van der Waals surface area contributed by atoms with Gasteiger partial charge in [-0.15, -0.1) is 0 Å². The Bertz CT molecular complexity index is 611. The van der Waals surface area contributed by atoms with Gasteiger partial charge in [0.2, 0.25) is 5.60 Å². The van der Waals surface area contributed by atoms with Gasteiger partial charge >= 0.3 is 0 Å². The fourth-order valence-electron chi connectivity index (χ4n) is 3.84. The Morgan fingerprint density at radius 2 is 2.08 bits per heavy atom. The molecule has 0 aliphatic carbocycles. The number of ether oxygens (including phenoxy) is 2. The zero-order valence-corrected chi connectivity index (χ0v) is 14.5. The van der Waals surface area contributed by atoms with Crippen molar-refractivity contribution in [2.45, 2.75) is 69.7 Å². The lowest BCUT2D eigenvalue weighted by Gasteiger charge is -2.37. The van der Waals surface area contributed by atoms with Gasteiger partial charge in [-0.2, -0.15) is 0 Å². The van der Waals surface area contributed by atoms with Crippen molar-refractivity contribution >= 4 is 11.6 Å². The van der Waals surface area contributed by atoms with Gasteiger partial charge in [0, 0.05) is 25.9 Å². The Kier molecular flexibility index (Phi) is 4.88. The predicted molar refractivity (Wildman–Crippen MR) is 90.9 cm³/mol. The molecular formula is C20H26O4. The Hall–Kier alpha value is -1.52. The van der Waals surface area contributed by atoms with E-state index in [1.165, 1.54) is 0 Å². The van der Waals surface area contributed by atoms with Crippen molar-refractivity contribution in [3.05, 3.63) is 35.9 Å². The number of Topliss-reactive ketones (excluding diaryl/α,β-unsaturated/α-hetero) is 2. The van der Waals surface area contributed by atoms with E-state index in [4.69, 9.17) is 9.47 Å². The zero-order chi connectivity index (χ0) is 17.2. The summed E-state index contributed by atoms with van der Waals surface area (Å²) in [5.41, 5.74) is -0.937. The third kappa shape index (κ3) is 3.05. The Labute approximate surface area is 143 Å². The lowest BCUT2D eigenvalue weighted by atomic mass is 9.83. The van der Waals surface area contributed by atoms with Crippen LogP contribution in [0.2, 0.25) is 0 Å². The molecule has 0 saturated carbocycles. The van der Waals surface area contributed by atoms with Crippen LogP contribution in [0.15, 0.2) is 30.3 Å². The second-order valence-electron chi connectivity index (χ2n) is 7.21. The van der Waals surface area contributed by atoms with E-state index >= 15 is 0 Å². The number of benzene rings is 1. The molecule has 0 N–H and O–H groups in total. The Morgan fingerprint density at radius 1 is 1.33 bits per heavy atom. The molecule has 3 rings (SSSR count). The number of ketones is 2. The van der Waals surface area contributed by atoms with E-state index < -0.39 is 17.3 Å². The molecule has 4 nitrogen and oxygen atoms in total. The summed E-state index contributed by atoms with van der Waals surface area (Å²) in [7, 11) is 0. The molecular weight excluding hydrogens is 304 g/mol. The van der Waals surface area contributed by atoms with E-state index in [1.54, 1.807) is 0 Å². The summed E-state index contributed by atoms with van der Waals surface area (Å²) in [6.45, 7) is 4.65. The maximum absolute atomic E-state index is 13.1. The van der Waals surface area contributed by atoms with Crippen molar-refractivity contribution in [2.24, 2.45) is 0 Å². The number of rotatable bonds is 7. The summed E-state index contributed by atoms with van der Waals surface area (Å²) in [6.07, 6.45) is 3.36. The monoisotopic (exact) mass is 330 g/mol. The van der Waals surface area contributed by atoms with Crippen LogP contribution >= 0.6 is 0 Å². The van der Waals surface area contributed by atoms with E-state index in [1.807, 2.05) is 37.3 Å². The first-order valence-electron chi connectivity index (χ1n) is 8.92. The minimum Gasteiger partial charge on any atom is -0.374 e. The molecule has 2 bridgehead atoms. The van der Waals surface area contributed by atoms with Gasteiger partial charge in [-0.25, -0.2) is 0 Å². The predicted octanol–water partition coefficient (Wildman–Crippen LogP) is 3.26. The molecule has 130 valence electrons. The largest absolute Gasteiger partial charge is 0.374 e. The molecule has 1 aromatic carbocycles. The van der Waals surface area contributed by atoms with Crippen molar-refractivity contribution in [3.63, 3.8) is 0 Å². The molecule has 2 aliphatic heterocycles. The third-order valence-electron chi connectivity index (χ3n) is 5.21. The highest BCUT2D eigenvalue weighted by molar-refractivity contribution is 6.12. The van der Waals surface area contributed by atoms with Crippen LogP contribution in [0, 0.1) is 0 Å². The highest BCUT2D eigenvalue weighted by atomic mass is 16.6. The summed E-state index contributed by atoms with van der Waals surface area (Å²) in [4.78, 5) is 25.9. The van der Waals surface area contributed by atoms with E-state index in [9.17, 15) is 9.59 Å². The molecule has 2 aliphatic rings. The summed E-state index contributed by atoms with van der Waals surface area (Å²) in [6, 6.07) is 9.53. The molecule has 0 spiro atoms. The number of unbranched alkanes of at least 4 members (excludes halogenated alkanes) is 1. The maximum atomic E-state index is 13.1. The molecule has 2 heterocycles. The first-order valence-corrected chi connectivity index (χ1v) is 8.92. The second-order valence-corrected chi connectivity index (χ2v) is 7.21. The molecule has 2 saturated heterocycles. The summed E-state index contributed by atoms with van der Waals surface area (Å²) >= 11 is 0.